The lowest BCUT2D eigenvalue weighted by molar-refractivity contribution is -0.128. The van der Waals surface area contributed by atoms with Crippen LogP contribution in [-0.2, 0) is 19.6 Å². The van der Waals surface area contributed by atoms with Gasteiger partial charge in [-0.3, -0.25) is 9.59 Å². The monoisotopic (exact) mass is 463 g/mol. The highest BCUT2D eigenvalue weighted by Gasteiger charge is 2.27. The Balaban J connectivity index is 1.37. The van der Waals surface area contributed by atoms with Crippen molar-refractivity contribution in [2.45, 2.75) is 30.6 Å². The van der Waals surface area contributed by atoms with Crippen molar-refractivity contribution < 1.29 is 18.0 Å². The minimum Gasteiger partial charge on any atom is -0.347 e. The predicted molar refractivity (Wildman–Crippen MR) is 120 cm³/mol. The Morgan fingerprint density at radius 3 is 2.23 bits per heavy atom. The molecule has 9 heteroatoms. The summed E-state index contributed by atoms with van der Waals surface area (Å²) in [5, 5.41) is 5.97. The van der Waals surface area contributed by atoms with Crippen LogP contribution in [0.3, 0.4) is 0 Å². The molecule has 3 rings (SSSR count). The second-order valence-electron chi connectivity index (χ2n) is 7.66. The molecule has 0 aromatic heterocycles. The van der Waals surface area contributed by atoms with Crippen molar-refractivity contribution in [2.24, 2.45) is 11.8 Å². The van der Waals surface area contributed by atoms with E-state index >= 15 is 0 Å². The molecule has 31 heavy (non-hydrogen) atoms. The molecule has 0 radical (unpaired) electrons. The normalized spacial score (nSPS) is 18.9. The van der Waals surface area contributed by atoms with E-state index in [-0.39, 0.29) is 35.1 Å². The van der Waals surface area contributed by atoms with Gasteiger partial charge in [0.2, 0.25) is 21.8 Å². The highest BCUT2D eigenvalue weighted by atomic mass is 35.5. The summed E-state index contributed by atoms with van der Waals surface area (Å²) in [4.78, 5) is 24.6. The average Bonchev–Trinajstić information content (AvgIpc) is 2.78. The molecule has 1 saturated carbocycles. The van der Waals surface area contributed by atoms with Crippen LogP contribution in [0.15, 0.2) is 59.5 Å². The molecule has 7 nitrogen and oxygen atoms in total. The van der Waals surface area contributed by atoms with E-state index in [9.17, 15) is 18.0 Å². The molecule has 0 spiro atoms. The molecule has 0 heterocycles. The Bertz CT molecular complexity index is 989. The van der Waals surface area contributed by atoms with Crippen LogP contribution in [0.1, 0.15) is 25.7 Å². The van der Waals surface area contributed by atoms with Crippen LogP contribution in [0.5, 0.6) is 0 Å². The second-order valence-corrected chi connectivity index (χ2v) is 9.86. The Morgan fingerprint density at radius 2 is 1.58 bits per heavy atom. The Labute approximate surface area is 187 Å². The van der Waals surface area contributed by atoms with Crippen LogP contribution in [0.2, 0.25) is 5.02 Å². The summed E-state index contributed by atoms with van der Waals surface area (Å²) in [6.07, 6.45) is 2.85. The van der Waals surface area contributed by atoms with E-state index in [1.807, 2.05) is 0 Å². The van der Waals surface area contributed by atoms with E-state index in [1.54, 1.807) is 54.6 Å². The van der Waals surface area contributed by atoms with Gasteiger partial charge in [0.05, 0.1) is 11.4 Å². The lowest BCUT2D eigenvalue weighted by Crippen LogP contribution is -2.39. The van der Waals surface area contributed by atoms with Gasteiger partial charge >= 0.3 is 0 Å². The number of rotatable bonds is 8. The highest BCUT2D eigenvalue weighted by molar-refractivity contribution is 7.89. The van der Waals surface area contributed by atoms with Gasteiger partial charge in [-0.25, -0.2) is 13.1 Å². The van der Waals surface area contributed by atoms with Crippen molar-refractivity contribution in [1.29, 1.82) is 0 Å². The summed E-state index contributed by atoms with van der Waals surface area (Å²) >= 11 is 5.81. The van der Waals surface area contributed by atoms with Gasteiger partial charge in [0.1, 0.15) is 0 Å². The number of nitrogens with one attached hydrogen (secondary N) is 3. The zero-order valence-corrected chi connectivity index (χ0v) is 18.6. The molecule has 1 aliphatic rings. The number of benzene rings is 2. The van der Waals surface area contributed by atoms with Crippen LogP contribution < -0.4 is 15.4 Å². The third kappa shape index (κ3) is 7.05. The summed E-state index contributed by atoms with van der Waals surface area (Å²) in [6, 6.07) is 15.0. The van der Waals surface area contributed by atoms with Crippen LogP contribution in [-0.4, -0.2) is 33.3 Å². The molecule has 2 aromatic carbocycles. The molecule has 0 bridgehead atoms. The average molecular weight is 464 g/mol. The van der Waals surface area contributed by atoms with Crippen LogP contribution in [0, 0.1) is 11.8 Å². The van der Waals surface area contributed by atoms with Crippen molar-refractivity contribution in [3.05, 3.63) is 59.6 Å². The third-order valence-corrected chi connectivity index (χ3v) is 7.08. The fourth-order valence-corrected chi connectivity index (χ4v) is 4.85. The lowest BCUT2D eigenvalue weighted by Gasteiger charge is -2.27. The smallest absolute Gasteiger partial charge is 0.243 e. The first-order valence-corrected chi connectivity index (χ1v) is 12.1. The molecular weight excluding hydrogens is 438 g/mol. The SMILES string of the molecule is O=C(CNC(=O)C1CCC(CNS(=O)(=O)c2ccccc2)CC1)Nc1ccc(Cl)cc1. The molecule has 0 saturated heterocycles. The first-order valence-electron chi connectivity index (χ1n) is 10.2. The van der Waals surface area contributed by atoms with Crippen molar-refractivity contribution in [3.8, 4) is 0 Å². The van der Waals surface area contributed by atoms with E-state index in [0.29, 0.717) is 30.1 Å². The Morgan fingerprint density at radius 1 is 0.935 bits per heavy atom. The van der Waals surface area contributed by atoms with Gasteiger partial charge in [-0.1, -0.05) is 29.8 Å². The van der Waals surface area contributed by atoms with Gasteiger partial charge in [-0.2, -0.15) is 0 Å². The third-order valence-electron chi connectivity index (χ3n) is 5.38. The Kier molecular flexibility index (Phi) is 8.06. The molecule has 0 unspecified atom stereocenters. The fraction of sp³-hybridized carbons (Fsp3) is 0.364. The molecule has 1 fully saturated rings. The van der Waals surface area contributed by atoms with E-state index < -0.39 is 10.0 Å². The molecular formula is C22H26ClN3O4S. The standard InChI is InChI=1S/C22H26ClN3O4S/c23-18-10-12-19(13-11-18)26-21(27)15-24-22(28)17-8-6-16(7-9-17)14-25-31(29,30)20-4-2-1-3-5-20/h1-5,10-13,16-17,25H,6-9,14-15H2,(H,24,28)(H,26,27). The summed E-state index contributed by atoms with van der Waals surface area (Å²) in [5.74, 6) is -0.421. The summed E-state index contributed by atoms with van der Waals surface area (Å²) in [5.41, 5.74) is 0.613. The summed E-state index contributed by atoms with van der Waals surface area (Å²) < 4.78 is 27.3. The van der Waals surface area contributed by atoms with E-state index in [4.69, 9.17) is 11.6 Å². The van der Waals surface area contributed by atoms with Gasteiger partial charge in [0.25, 0.3) is 0 Å². The van der Waals surface area contributed by atoms with Gasteiger partial charge in [-0.15, -0.1) is 0 Å². The molecule has 3 N–H and O–H groups in total. The van der Waals surface area contributed by atoms with Gasteiger partial charge < -0.3 is 10.6 Å². The number of halogens is 1. The molecule has 0 aliphatic heterocycles. The van der Waals surface area contributed by atoms with Gasteiger partial charge in [0.15, 0.2) is 0 Å². The van der Waals surface area contributed by atoms with E-state index in [2.05, 4.69) is 15.4 Å². The minimum atomic E-state index is -3.52. The lowest BCUT2D eigenvalue weighted by atomic mass is 9.81. The fourth-order valence-electron chi connectivity index (χ4n) is 3.59. The zero-order chi connectivity index (χ0) is 22.3. The number of carbonyl (C=O) groups excluding carboxylic acids is 2. The number of sulfonamides is 1. The number of hydrogen-bond acceptors (Lipinski definition) is 4. The maximum atomic E-state index is 12.4. The van der Waals surface area contributed by atoms with Crippen molar-refractivity contribution in [3.63, 3.8) is 0 Å². The highest BCUT2D eigenvalue weighted by Crippen LogP contribution is 2.28. The maximum Gasteiger partial charge on any atom is 0.243 e. The molecule has 2 aromatic rings. The summed E-state index contributed by atoms with van der Waals surface area (Å²) in [6.45, 7) is 0.257. The minimum absolute atomic E-state index is 0.0989. The topological polar surface area (TPSA) is 104 Å². The maximum absolute atomic E-state index is 12.4. The van der Waals surface area contributed by atoms with Gasteiger partial charge in [0, 0.05) is 23.2 Å². The Hall–Kier alpha value is -2.42. The van der Waals surface area contributed by atoms with Crippen molar-refractivity contribution in [2.75, 3.05) is 18.4 Å². The molecule has 2 amide bonds. The van der Waals surface area contributed by atoms with Gasteiger partial charge in [-0.05, 0) is 68.0 Å². The van der Waals surface area contributed by atoms with E-state index in [0.717, 1.165) is 12.8 Å². The quantitative estimate of drug-likeness (QED) is 0.559. The molecule has 166 valence electrons. The predicted octanol–water partition coefficient (Wildman–Crippen LogP) is 3.18. The first kappa shape index (κ1) is 23.2. The second kappa shape index (κ2) is 10.7. The zero-order valence-electron chi connectivity index (χ0n) is 17.0. The van der Waals surface area contributed by atoms with Crippen LogP contribution >= 0.6 is 11.6 Å². The number of hydrogen-bond donors (Lipinski definition) is 3. The molecule has 0 atom stereocenters. The number of carbonyl (C=O) groups is 2. The first-order chi connectivity index (χ1) is 14.8. The van der Waals surface area contributed by atoms with Crippen molar-refractivity contribution in [1.82, 2.24) is 10.0 Å². The van der Waals surface area contributed by atoms with Crippen LogP contribution in [0.25, 0.3) is 0 Å². The van der Waals surface area contributed by atoms with Crippen molar-refractivity contribution >= 4 is 39.1 Å². The largest absolute Gasteiger partial charge is 0.347 e. The number of amides is 2. The summed E-state index contributed by atoms with van der Waals surface area (Å²) in [7, 11) is -3.52. The number of anilines is 1. The van der Waals surface area contributed by atoms with E-state index in [1.165, 1.54) is 0 Å². The molecule has 1 aliphatic carbocycles. The van der Waals surface area contributed by atoms with Crippen LogP contribution in [0.4, 0.5) is 5.69 Å².